The minimum atomic E-state index is -0.472. The van der Waals surface area contributed by atoms with Crippen LogP contribution in [0.1, 0.15) is 28.8 Å². The number of nitrogens with one attached hydrogen (secondary N) is 1. The van der Waals surface area contributed by atoms with Gasteiger partial charge in [0.05, 0.1) is 20.3 Å². The monoisotopic (exact) mass is 397 g/mol. The smallest absolute Gasteiger partial charge is 0.254 e. The largest absolute Gasteiger partial charge is 0.496 e. The van der Waals surface area contributed by atoms with Gasteiger partial charge in [-0.3, -0.25) is 4.79 Å². The van der Waals surface area contributed by atoms with Gasteiger partial charge in [0, 0.05) is 44.2 Å². The van der Waals surface area contributed by atoms with Gasteiger partial charge in [-0.1, -0.05) is 18.2 Å². The summed E-state index contributed by atoms with van der Waals surface area (Å²) >= 11 is 0. The molecule has 1 spiro atoms. The Kier molecular flexibility index (Phi) is 5.97. The van der Waals surface area contributed by atoms with Crippen molar-refractivity contribution >= 4 is 11.7 Å². The van der Waals surface area contributed by atoms with Gasteiger partial charge in [-0.25, -0.2) is 4.98 Å². The number of para-hydroxylation sites is 1. The topological polar surface area (TPSA) is 72.9 Å². The number of benzene rings is 1. The van der Waals surface area contributed by atoms with E-state index in [1.54, 1.807) is 19.4 Å². The number of nitrogens with zero attached hydrogens (tertiary/aromatic N) is 2. The van der Waals surface area contributed by atoms with Crippen molar-refractivity contribution < 1.29 is 19.0 Å². The quantitative estimate of drug-likeness (QED) is 0.808. The third kappa shape index (κ3) is 4.52. The van der Waals surface area contributed by atoms with Crippen molar-refractivity contribution in [3.8, 4) is 5.75 Å². The molecule has 29 heavy (non-hydrogen) atoms. The number of ether oxygens (including phenoxy) is 3. The number of pyridine rings is 1. The van der Waals surface area contributed by atoms with Crippen LogP contribution in [0.5, 0.6) is 5.75 Å². The molecule has 2 aliphatic rings. The van der Waals surface area contributed by atoms with Gasteiger partial charge in [-0.2, -0.15) is 0 Å². The molecule has 3 heterocycles. The van der Waals surface area contributed by atoms with Crippen LogP contribution in [0.3, 0.4) is 0 Å². The summed E-state index contributed by atoms with van der Waals surface area (Å²) in [5.74, 6) is 1.12. The fourth-order valence-electron chi connectivity index (χ4n) is 3.91. The van der Waals surface area contributed by atoms with Crippen molar-refractivity contribution in [2.24, 2.45) is 0 Å². The molecule has 0 unspecified atom stereocenters. The van der Waals surface area contributed by atoms with E-state index in [-0.39, 0.29) is 5.91 Å². The molecule has 0 atom stereocenters. The molecule has 154 valence electrons. The Balaban J connectivity index is 1.33. The fourth-order valence-corrected chi connectivity index (χ4v) is 3.91. The molecule has 4 rings (SSSR count). The minimum Gasteiger partial charge on any atom is -0.496 e. The zero-order chi connectivity index (χ0) is 20.1. The number of likely N-dealkylation sites (tertiary alicyclic amines) is 1. The normalized spacial score (nSPS) is 18.0. The second-order valence-corrected chi connectivity index (χ2v) is 7.32. The molecular weight excluding hydrogens is 370 g/mol. The Bertz CT molecular complexity index is 841. The maximum atomic E-state index is 12.9. The van der Waals surface area contributed by atoms with Gasteiger partial charge in [-0.05, 0) is 30.2 Å². The minimum absolute atomic E-state index is 0.0213. The van der Waals surface area contributed by atoms with Gasteiger partial charge < -0.3 is 24.4 Å². The lowest BCUT2D eigenvalue weighted by Gasteiger charge is -2.37. The van der Waals surface area contributed by atoms with E-state index in [0.29, 0.717) is 57.1 Å². The number of rotatable bonds is 6. The standard InChI is InChI=1S/C22H27N3O4/c1-27-19-5-3-2-4-17(19)6-10-23-20-16-18(7-11-24-20)21(26)25-12-8-22(9-13-25)28-14-15-29-22/h2-5,7,11,16H,6,8-10,12-15H2,1H3,(H,23,24). The van der Waals surface area contributed by atoms with E-state index in [4.69, 9.17) is 14.2 Å². The Morgan fingerprint density at radius 2 is 1.97 bits per heavy atom. The number of methoxy groups -OCH3 is 1. The maximum Gasteiger partial charge on any atom is 0.254 e. The zero-order valence-electron chi connectivity index (χ0n) is 16.7. The van der Waals surface area contributed by atoms with Crippen molar-refractivity contribution in [3.05, 3.63) is 53.7 Å². The van der Waals surface area contributed by atoms with Crippen molar-refractivity contribution in [3.63, 3.8) is 0 Å². The lowest BCUT2D eigenvalue weighted by atomic mass is 10.0. The van der Waals surface area contributed by atoms with Crippen LogP contribution in [0.4, 0.5) is 5.82 Å². The second-order valence-electron chi connectivity index (χ2n) is 7.32. The highest BCUT2D eigenvalue weighted by molar-refractivity contribution is 5.94. The molecule has 2 aromatic rings. The van der Waals surface area contributed by atoms with E-state index >= 15 is 0 Å². The SMILES string of the molecule is COc1ccccc1CCNc1cc(C(=O)N2CCC3(CC2)OCCO3)ccn1. The van der Waals surface area contributed by atoms with E-state index in [9.17, 15) is 4.79 Å². The maximum absolute atomic E-state index is 12.9. The van der Waals surface area contributed by atoms with Gasteiger partial charge in [-0.15, -0.1) is 0 Å². The van der Waals surface area contributed by atoms with E-state index in [1.165, 1.54) is 0 Å². The number of hydrogen-bond donors (Lipinski definition) is 1. The summed E-state index contributed by atoms with van der Waals surface area (Å²) in [5.41, 5.74) is 1.78. The van der Waals surface area contributed by atoms with Crippen LogP contribution in [0.25, 0.3) is 0 Å². The summed E-state index contributed by atoms with van der Waals surface area (Å²) in [6, 6.07) is 11.5. The highest BCUT2D eigenvalue weighted by atomic mass is 16.7. The highest BCUT2D eigenvalue weighted by Gasteiger charge is 2.40. The predicted octanol–water partition coefficient (Wildman–Crippen LogP) is 2.72. The van der Waals surface area contributed by atoms with Gasteiger partial charge in [0.1, 0.15) is 11.6 Å². The summed E-state index contributed by atoms with van der Waals surface area (Å²) < 4.78 is 16.9. The Hall–Kier alpha value is -2.64. The molecule has 7 nitrogen and oxygen atoms in total. The van der Waals surface area contributed by atoms with E-state index in [2.05, 4.69) is 16.4 Å². The molecule has 0 saturated carbocycles. The van der Waals surface area contributed by atoms with Crippen molar-refractivity contribution in [2.45, 2.75) is 25.0 Å². The number of carbonyl (C=O) groups is 1. The molecule has 2 saturated heterocycles. The number of amides is 1. The van der Waals surface area contributed by atoms with Crippen LogP contribution in [0.2, 0.25) is 0 Å². The zero-order valence-corrected chi connectivity index (χ0v) is 16.7. The van der Waals surface area contributed by atoms with Crippen LogP contribution in [-0.4, -0.2) is 61.5 Å². The Morgan fingerprint density at radius 1 is 1.21 bits per heavy atom. The third-order valence-electron chi connectivity index (χ3n) is 5.53. The fraction of sp³-hybridized carbons (Fsp3) is 0.455. The first-order valence-electron chi connectivity index (χ1n) is 10.1. The molecule has 1 N–H and O–H groups in total. The predicted molar refractivity (Wildman–Crippen MR) is 109 cm³/mol. The molecule has 0 radical (unpaired) electrons. The van der Waals surface area contributed by atoms with Crippen LogP contribution < -0.4 is 10.1 Å². The summed E-state index contributed by atoms with van der Waals surface area (Å²) in [5, 5.41) is 3.30. The van der Waals surface area contributed by atoms with Crippen molar-refractivity contribution in [2.75, 3.05) is 45.3 Å². The Morgan fingerprint density at radius 3 is 2.72 bits per heavy atom. The molecule has 1 amide bonds. The lowest BCUT2D eigenvalue weighted by Crippen LogP contribution is -2.47. The summed E-state index contributed by atoms with van der Waals surface area (Å²) in [6.45, 7) is 3.26. The number of aromatic nitrogens is 1. The first-order valence-corrected chi connectivity index (χ1v) is 10.1. The first-order chi connectivity index (χ1) is 14.2. The van der Waals surface area contributed by atoms with E-state index in [1.807, 2.05) is 29.2 Å². The molecular formula is C22H27N3O4. The average molecular weight is 397 g/mol. The van der Waals surface area contributed by atoms with Gasteiger partial charge in [0.2, 0.25) is 0 Å². The molecule has 2 fully saturated rings. The van der Waals surface area contributed by atoms with Gasteiger partial charge >= 0.3 is 0 Å². The average Bonchev–Trinajstić information content (AvgIpc) is 3.22. The van der Waals surface area contributed by atoms with E-state index in [0.717, 1.165) is 17.7 Å². The summed E-state index contributed by atoms with van der Waals surface area (Å²) in [4.78, 5) is 19.1. The number of anilines is 1. The molecule has 2 aliphatic heterocycles. The molecule has 7 heteroatoms. The Labute approximate surface area is 171 Å². The second kappa shape index (κ2) is 8.80. The van der Waals surface area contributed by atoms with Crippen LogP contribution in [0, 0.1) is 0 Å². The summed E-state index contributed by atoms with van der Waals surface area (Å²) in [7, 11) is 1.68. The lowest BCUT2D eigenvalue weighted by molar-refractivity contribution is -0.181. The van der Waals surface area contributed by atoms with Gasteiger partial charge in [0.15, 0.2) is 5.79 Å². The van der Waals surface area contributed by atoms with Gasteiger partial charge in [0.25, 0.3) is 5.91 Å². The number of carbonyl (C=O) groups excluding carboxylic acids is 1. The summed E-state index contributed by atoms with van der Waals surface area (Å²) in [6.07, 6.45) is 3.91. The van der Waals surface area contributed by atoms with Crippen molar-refractivity contribution in [1.82, 2.24) is 9.88 Å². The molecule has 1 aromatic carbocycles. The molecule has 1 aromatic heterocycles. The van der Waals surface area contributed by atoms with Crippen LogP contribution >= 0.6 is 0 Å². The third-order valence-corrected chi connectivity index (χ3v) is 5.53. The van der Waals surface area contributed by atoms with E-state index < -0.39 is 5.79 Å². The molecule has 0 aliphatic carbocycles. The van der Waals surface area contributed by atoms with Crippen LogP contribution in [0.15, 0.2) is 42.6 Å². The molecule has 0 bridgehead atoms. The number of piperidine rings is 1. The first kappa shape index (κ1) is 19.7. The van der Waals surface area contributed by atoms with Crippen molar-refractivity contribution in [1.29, 1.82) is 0 Å². The van der Waals surface area contributed by atoms with Crippen LogP contribution in [-0.2, 0) is 15.9 Å². The highest BCUT2D eigenvalue weighted by Crippen LogP contribution is 2.31. The number of hydrogen-bond acceptors (Lipinski definition) is 6.